The van der Waals surface area contributed by atoms with Crippen LogP contribution in [0, 0.1) is 11.6 Å². The highest BCUT2D eigenvalue weighted by atomic mass is 19.2. The normalized spacial score (nSPS) is 16.6. The topological polar surface area (TPSA) is 68.5 Å². The molecule has 7 heteroatoms. The van der Waals surface area contributed by atoms with Crippen LogP contribution in [0.5, 0.6) is 5.75 Å². The smallest absolute Gasteiger partial charge is 0.449 e. The van der Waals surface area contributed by atoms with Crippen LogP contribution in [0.2, 0.25) is 0 Å². The minimum absolute atomic E-state index is 0.0815. The van der Waals surface area contributed by atoms with E-state index in [-0.39, 0.29) is 23.4 Å². The molecule has 1 aromatic heterocycles. The van der Waals surface area contributed by atoms with Crippen LogP contribution in [0.25, 0.3) is 10.9 Å². The molecule has 20 heavy (non-hydrogen) atoms. The standard InChI is InChI=1S/C13H9F2NO4/c1-5-2-6-10(15)8(14)3-7-11(6)16(5)4-9(12(7)17)20-13(18)19/h3-5H,2H2,1H3,(H,18,19). The van der Waals surface area contributed by atoms with Crippen LogP contribution in [-0.4, -0.2) is 15.8 Å². The molecule has 1 aromatic carbocycles. The van der Waals surface area contributed by atoms with Gasteiger partial charge in [0.15, 0.2) is 17.4 Å². The minimum atomic E-state index is -1.64. The summed E-state index contributed by atoms with van der Waals surface area (Å²) >= 11 is 0. The number of carboxylic acid groups (broad SMARTS) is 1. The molecule has 0 amide bonds. The van der Waals surface area contributed by atoms with Crippen LogP contribution in [0.4, 0.5) is 13.6 Å². The van der Waals surface area contributed by atoms with E-state index in [4.69, 9.17) is 5.11 Å². The van der Waals surface area contributed by atoms with Gasteiger partial charge in [0.1, 0.15) is 0 Å². The molecule has 5 nitrogen and oxygen atoms in total. The van der Waals surface area contributed by atoms with E-state index in [1.54, 1.807) is 6.92 Å². The number of ether oxygens (including phenoxy) is 1. The van der Waals surface area contributed by atoms with Crippen LogP contribution in [0.3, 0.4) is 0 Å². The molecular weight excluding hydrogens is 272 g/mol. The first-order chi connectivity index (χ1) is 9.40. The Hall–Kier alpha value is -2.44. The molecule has 1 unspecified atom stereocenters. The van der Waals surface area contributed by atoms with Gasteiger partial charge in [-0.05, 0) is 19.4 Å². The maximum absolute atomic E-state index is 13.8. The lowest BCUT2D eigenvalue weighted by Gasteiger charge is -2.11. The van der Waals surface area contributed by atoms with Gasteiger partial charge >= 0.3 is 6.16 Å². The number of benzene rings is 1. The number of pyridine rings is 1. The predicted molar refractivity (Wildman–Crippen MR) is 65.2 cm³/mol. The van der Waals surface area contributed by atoms with E-state index in [1.807, 2.05) is 0 Å². The second-order valence-corrected chi connectivity index (χ2v) is 4.70. The average molecular weight is 281 g/mol. The van der Waals surface area contributed by atoms with Crippen molar-refractivity contribution in [2.45, 2.75) is 19.4 Å². The van der Waals surface area contributed by atoms with E-state index in [1.165, 1.54) is 10.8 Å². The summed E-state index contributed by atoms with van der Waals surface area (Å²) in [5.41, 5.74) is -0.349. The molecule has 0 spiro atoms. The third-order valence-electron chi connectivity index (χ3n) is 3.44. The number of rotatable bonds is 1. The van der Waals surface area contributed by atoms with E-state index in [9.17, 15) is 18.4 Å². The van der Waals surface area contributed by atoms with Gasteiger partial charge in [0.25, 0.3) is 0 Å². The second-order valence-electron chi connectivity index (χ2n) is 4.70. The van der Waals surface area contributed by atoms with Crippen molar-refractivity contribution < 1.29 is 23.4 Å². The number of carbonyl (C=O) groups is 1. The van der Waals surface area contributed by atoms with Crippen molar-refractivity contribution in [1.82, 2.24) is 4.57 Å². The number of hydrogen-bond donors (Lipinski definition) is 1. The largest absolute Gasteiger partial charge is 0.511 e. The fourth-order valence-corrected chi connectivity index (χ4v) is 2.61. The predicted octanol–water partition coefficient (Wildman–Crippen LogP) is 2.45. The summed E-state index contributed by atoms with van der Waals surface area (Å²) in [6.45, 7) is 1.76. The molecule has 104 valence electrons. The molecule has 0 fully saturated rings. The SMILES string of the molecule is CC1Cc2c(F)c(F)cc3c(=O)c(OC(=O)O)cn1c23. The Morgan fingerprint density at radius 2 is 2.20 bits per heavy atom. The summed E-state index contributed by atoms with van der Waals surface area (Å²) in [7, 11) is 0. The lowest BCUT2D eigenvalue weighted by Crippen LogP contribution is -2.16. The minimum Gasteiger partial charge on any atom is -0.449 e. The van der Waals surface area contributed by atoms with Gasteiger partial charge < -0.3 is 14.4 Å². The quantitative estimate of drug-likeness (QED) is 0.815. The second kappa shape index (κ2) is 4.03. The van der Waals surface area contributed by atoms with E-state index in [0.29, 0.717) is 5.52 Å². The number of hydrogen-bond acceptors (Lipinski definition) is 3. The van der Waals surface area contributed by atoms with Gasteiger partial charge in [-0.15, -0.1) is 0 Å². The number of nitrogens with zero attached hydrogens (tertiary/aromatic N) is 1. The van der Waals surface area contributed by atoms with E-state index < -0.39 is 29.0 Å². The molecule has 2 heterocycles. The molecule has 0 aliphatic carbocycles. The molecular formula is C13H9F2NO4. The van der Waals surface area contributed by atoms with Crippen LogP contribution < -0.4 is 10.2 Å². The van der Waals surface area contributed by atoms with Crippen LogP contribution in [0.15, 0.2) is 17.1 Å². The number of halogens is 2. The summed E-state index contributed by atoms with van der Waals surface area (Å²) in [6.07, 6.45) is -0.185. The molecule has 1 N–H and O–H groups in total. The first-order valence-corrected chi connectivity index (χ1v) is 5.86. The Morgan fingerprint density at radius 3 is 2.85 bits per heavy atom. The van der Waals surface area contributed by atoms with Gasteiger partial charge in [0.2, 0.25) is 5.43 Å². The molecule has 0 saturated heterocycles. The molecule has 1 atom stereocenters. The monoisotopic (exact) mass is 281 g/mol. The fourth-order valence-electron chi connectivity index (χ4n) is 2.61. The van der Waals surface area contributed by atoms with E-state index >= 15 is 0 Å². The van der Waals surface area contributed by atoms with Crippen LogP contribution in [-0.2, 0) is 6.42 Å². The molecule has 1 aliphatic rings. The molecule has 2 aromatic rings. The Labute approximate surface area is 111 Å². The summed E-state index contributed by atoms with van der Waals surface area (Å²) in [6, 6.07) is 0.556. The molecule has 0 bridgehead atoms. The van der Waals surface area contributed by atoms with Crippen molar-refractivity contribution in [1.29, 1.82) is 0 Å². The number of aromatic nitrogens is 1. The zero-order chi connectivity index (χ0) is 14.6. The van der Waals surface area contributed by atoms with Crippen molar-refractivity contribution >= 4 is 17.1 Å². The maximum atomic E-state index is 13.8. The summed E-state index contributed by atoms with van der Waals surface area (Å²) in [4.78, 5) is 22.6. The molecule has 3 rings (SSSR count). The van der Waals surface area contributed by atoms with Crippen molar-refractivity contribution in [3.8, 4) is 5.75 Å². The van der Waals surface area contributed by atoms with Gasteiger partial charge in [-0.1, -0.05) is 0 Å². The maximum Gasteiger partial charge on any atom is 0.511 e. The Morgan fingerprint density at radius 1 is 1.50 bits per heavy atom. The van der Waals surface area contributed by atoms with E-state index in [2.05, 4.69) is 4.74 Å². The first kappa shape index (κ1) is 12.6. The Balaban J connectivity index is 2.43. The highest BCUT2D eigenvalue weighted by molar-refractivity contribution is 5.85. The highest BCUT2D eigenvalue weighted by Crippen LogP contribution is 2.35. The molecule has 1 aliphatic heterocycles. The zero-order valence-electron chi connectivity index (χ0n) is 10.3. The summed E-state index contributed by atoms with van der Waals surface area (Å²) in [5.74, 6) is -2.52. The summed E-state index contributed by atoms with van der Waals surface area (Å²) < 4.78 is 33.2. The van der Waals surface area contributed by atoms with Crippen molar-refractivity contribution in [2.24, 2.45) is 0 Å². The van der Waals surface area contributed by atoms with Gasteiger partial charge in [-0.3, -0.25) is 4.79 Å². The van der Waals surface area contributed by atoms with Crippen molar-refractivity contribution in [3.63, 3.8) is 0 Å². The van der Waals surface area contributed by atoms with Gasteiger partial charge in [0.05, 0.1) is 17.1 Å². The van der Waals surface area contributed by atoms with Crippen LogP contribution >= 0.6 is 0 Å². The van der Waals surface area contributed by atoms with Gasteiger partial charge in [-0.25, -0.2) is 13.6 Å². The van der Waals surface area contributed by atoms with Crippen molar-refractivity contribution in [2.75, 3.05) is 0 Å². The van der Waals surface area contributed by atoms with E-state index in [0.717, 1.165) is 6.07 Å². The fraction of sp³-hybridized carbons (Fsp3) is 0.231. The first-order valence-electron chi connectivity index (χ1n) is 5.86. The molecule has 0 saturated carbocycles. The van der Waals surface area contributed by atoms with Crippen molar-refractivity contribution in [3.05, 3.63) is 39.7 Å². The molecule has 0 radical (unpaired) electrons. The van der Waals surface area contributed by atoms with Gasteiger partial charge in [-0.2, -0.15) is 0 Å². The Bertz CT molecular complexity index is 812. The Kier molecular flexibility index (Phi) is 2.53. The van der Waals surface area contributed by atoms with Crippen LogP contribution in [0.1, 0.15) is 18.5 Å². The third-order valence-corrected chi connectivity index (χ3v) is 3.44. The highest BCUT2D eigenvalue weighted by Gasteiger charge is 2.28. The van der Waals surface area contributed by atoms with Gasteiger partial charge in [0, 0.05) is 11.6 Å². The zero-order valence-corrected chi connectivity index (χ0v) is 10.3. The third kappa shape index (κ3) is 1.59. The average Bonchev–Trinajstić information content (AvgIpc) is 2.69. The lowest BCUT2D eigenvalue weighted by molar-refractivity contribution is 0.143. The lowest BCUT2D eigenvalue weighted by atomic mass is 10.1. The summed E-state index contributed by atoms with van der Waals surface area (Å²) in [5, 5.41) is 8.52.